The molecule has 3 aromatic rings. The van der Waals surface area contributed by atoms with Crippen molar-refractivity contribution in [1.82, 2.24) is 30.5 Å². The van der Waals surface area contributed by atoms with Crippen molar-refractivity contribution in [1.29, 1.82) is 0 Å². The Balaban J connectivity index is 1.49. The molecule has 0 unspecified atom stereocenters. The van der Waals surface area contributed by atoms with Gasteiger partial charge < -0.3 is 10.6 Å². The molecule has 0 saturated heterocycles. The Bertz CT molecular complexity index is 813. The Kier molecular flexibility index (Phi) is 4.16. The number of aromatic amines is 1. The van der Waals surface area contributed by atoms with E-state index in [4.69, 9.17) is 0 Å². The highest BCUT2D eigenvalue weighted by Crippen LogP contribution is 2.19. The van der Waals surface area contributed by atoms with Crippen molar-refractivity contribution in [3.05, 3.63) is 53.7 Å². The first kappa shape index (κ1) is 14.8. The minimum absolute atomic E-state index is 0.552. The van der Waals surface area contributed by atoms with Gasteiger partial charge in [0.1, 0.15) is 18.0 Å². The van der Waals surface area contributed by atoms with Gasteiger partial charge in [-0.1, -0.05) is 30.3 Å². The molecule has 3 heterocycles. The fourth-order valence-corrected chi connectivity index (χ4v) is 2.88. The van der Waals surface area contributed by atoms with Gasteiger partial charge in [-0.2, -0.15) is 5.10 Å². The zero-order valence-corrected chi connectivity index (χ0v) is 13.3. The Hall–Kier alpha value is -2.80. The Morgan fingerprint density at radius 3 is 2.83 bits per heavy atom. The maximum absolute atomic E-state index is 4.54. The maximum Gasteiger partial charge on any atom is 0.181 e. The van der Waals surface area contributed by atoms with Crippen LogP contribution in [0, 0.1) is 0 Å². The largest absolute Gasteiger partial charge is 0.362 e. The van der Waals surface area contributed by atoms with Gasteiger partial charge in [0, 0.05) is 24.1 Å². The van der Waals surface area contributed by atoms with Crippen LogP contribution in [0.2, 0.25) is 0 Å². The molecule has 0 fully saturated rings. The van der Waals surface area contributed by atoms with Crippen molar-refractivity contribution in [3.8, 4) is 11.4 Å². The van der Waals surface area contributed by atoms with E-state index in [9.17, 15) is 0 Å². The monoisotopic (exact) mass is 321 g/mol. The van der Waals surface area contributed by atoms with Crippen LogP contribution in [-0.2, 0) is 19.4 Å². The van der Waals surface area contributed by atoms with Gasteiger partial charge in [-0.05, 0) is 13.0 Å². The van der Waals surface area contributed by atoms with Gasteiger partial charge in [-0.25, -0.2) is 15.0 Å². The quantitative estimate of drug-likeness (QED) is 0.675. The number of anilines is 1. The summed E-state index contributed by atoms with van der Waals surface area (Å²) in [5.74, 6) is 2.38. The Morgan fingerprint density at radius 1 is 1.04 bits per heavy atom. The average molecular weight is 321 g/mol. The Labute approximate surface area is 140 Å². The third-order valence-electron chi connectivity index (χ3n) is 4.11. The average Bonchev–Trinajstić information content (AvgIpc) is 2.97. The number of hydrogen-bond donors (Lipinski definition) is 3. The maximum atomic E-state index is 4.54. The molecule has 0 spiro atoms. The minimum atomic E-state index is 0.552. The molecule has 3 N–H and O–H groups in total. The van der Waals surface area contributed by atoms with Crippen LogP contribution in [0.4, 0.5) is 5.82 Å². The highest BCUT2D eigenvalue weighted by molar-refractivity contribution is 5.54. The van der Waals surface area contributed by atoms with E-state index in [2.05, 4.69) is 35.8 Å². The predicted molar refractivity (Wildman–Crippen MR) is 91.5 cm³/mol. The number of nitrogens with one attached hydrogen (secondary N) is 3. The molecule has 4 rings (SSSR count). The van der Waals surface area contributed by atoms with Gasteiger partial charge >= 0.3 is 0 Å². The second-order valence-electron chi connectivity index (χ2n) is 5.72. The summed E-state index contributed by atoms with van der Waals surface area (Å²) in [6.45, 7) is 2.47. The lowest BCUT2D eigenvalue weighted by molar-refractivity contribution is 0.708. The van der Waals surface area contributed by atoms with Crippen molar-refractivity contribution >= 4 is 5.82 Å². The van der Waals surface area contributed by atoms with Crippen LogP contribution in [0.3, 0.4) is 0 Å². The van der Waals surface area contributed by atoms with Crippen molar-refractivity contribution in [2.75, 3.05) is 18.4 Å². The molecule has 0 radical (unpaired) electrons. The SMILES string of the molecule is c1ccc(-c2n[nH]c(CNc3ncnc4c3CCNCC4)n2)cc1. The number of H-pyrrole nitrogens is 1. The van der Waals surface area contributed by atoms with Gasteiger partial charge in [0.05, 0.1) is 12.2 Å². The third kappa shape index (κ3) is 3.11. The molecule has 122 valence electrons. The van der Waals surface area contributed by atoms with Crippen LogP contribution in [0.1, 0.15) is 17.1 Å². The first-order valence-corrected chi connectivity index (χ1v) is 8.14. The van der Waals surface area contributed by atoms with Crippen molar-refractivity contribution in [2.24, 2.45) is 0 Å². The summed E-state index contributed by atoms with van der Waals surface area (Å²) < 4.78 is 0. The van der Waals surface area contributed by atoms with E-state index in [1.807, 2.05) is 30.3 Å². The van der Waals surface area contributed by atoms with Gasteiger partial charge in [0.15, 0.2) is 5.82 Å². The number of nitrogens with zero attached hydrogens (tertiary/aromatic N) is 4. The molecule has 24 heavy (non-hydrogen) atoms. The first-order chi connectivity index (χ1) is 11.9. The molecule has 7 heteroatoms. The van der Waals surface area contributed by atoms with Crippen molar-refractivity contribution in [3.63, 3.8) is 0 Å². The zero-order chi connectivity index (χ0) is 16.2. The van der Waals surface area contributed by atoms with E-state index in [1.165, 1.54) is 5.56 Å². The second kappa shape index (κ2) is 6.76. The van der Waals surface area contributed by atoms with Gasteiger partial charge in [-0.3, -0.25) is 5.10 Å². The lowest BCUT2D eigenvalue weighted by Gasteiger charge is -2.11. The molecule has 0 atom stereocenters. The molecule has 7 nitrogen and oxygen atoms in total. The summed E-state index contributed by atoms with van der Waals surface area (Å²) in [7, 11) is 0. The molecular formula is C17H19N7. The van der Waals surface area contributed by atoms with Gasteiger partial charge in [0.25, 0.3) is 0 Å². The number of fused-ring (bicyclic) bond motifs is 1. The molecule has 1 aliphatic heterocycles. The summed E-state index contributed by atoms with van der Waals surface area (Å²) in [4.78, 5) is 13.4. The predicted octanol–water partition coefficient (Wildman–Crippen LogP) is 1.56. The first-order valence-electron chi connectivity index (χ1n) is 8.14. The van der Waals surface area contributed by atoms with Crippen molar-refractivity contribution < 1.29 is 0 Å². The molecule has 1 aliphatic rings. The Morgan fingerprint density at radius 2 is 1.92 bits per heavy atom. The second-order valence-corrected chi connectivity index (χ2v) is 5.72. The summed E-state index contributed by atoms with van der Waals surface area (Å²) in [6, 6.07) is 9.94. The molecule has 0 amide bonds. The fourth-order valence-electron chi connectivity index (χ4n) is 2.88. The van der Waals surface area contributed by atoms with Crippen LogP contribution in [-0.4, -0.2) is 38.2 Å². The fraction of sp³-hybridized carbons (Fsp3) is 0.294. The highest BCUT2D eigenvalue weighted by Gasteiger charge is 2.14. The van der Waals surface area contributed by atoms with E-state index in [1.54, 1.807) is 6.33 Å². The lowest BCUT2D eigenvalue weighted by Crippen LogP contribution is -2.16. The summed E-state index contributed by atoms with van der Waals surface area (Å²) in [6.07, 6.45) is 3.50. The van der Waals surface area contributed by atoms with Crippen LogP contribution < -0.4 is 10.6 Å². The zero-order valence-electron chi connectivity index (χ0n) is 13.3. The number of benzene rings is 1. The molecule has 0 saturated carbocycles. The van der Waals surface area contributed by atoms with Gasteiger partial charge in [-0.15, -0.1) is 0 Å². The molecule has 0 aliphatic carbocycles. The normalized spacial score (nSPS) is 14.0. The lowest BCUT2D eigenvalue weighted by atomic mass is 10.1. The minimum Gasteiger partial charge on any atom is -0.362 e. The van der Waals surface area contributed by atoms with Crippen LogP contribution >= 0.6 is 0 Å². The number of rotatable bonds is 4. The van der Waals surface area contributed by atoms with Crippen molar-refractivity contribution in [2.45, 2.75) is 19.4 Å². The van der Waals surface area contributed by atoms with Crippen LogP contribution in [0.25, 0.3) is 11.4 Å². The molecule has 0 bridgehead atoms. The summed E-state index contributed by atoms with van der Waals surface area (Å²) >= 11 is 0. The van der Waals surface area contributed by atoms with E-state index >= 15 is 0 Å². The summed E-state index contributed by atoms with van der Waals surface area (Å²) in [5, 5.41) is 14.0. The van der Waals surface area contributed by atoms with Gasteiger partial charge in [0.2, 0.25) is 0 Å². The number of aromatic nitrogens is 5. The van der Waals surface area contributed by atoms with E-state index in [0.717, 1.165) is 48.8 Å². The standard InChI is InChI=1S/C17H19N7/c1-2-4-12(5-3-1)16-22-15(23-24-16)10-19-17-13-6-8-18-9-7-14(13)20-11-21-17/h1-5,11,18H,6-10H2,(H,19,20,21)(H,22,23,24). The van der Waals surface area contributed by atoms with Crippen LogP contribution in [0.5, 0.6) is 0 Å². The number of hydrogen-bond acceptors (Lipinski definition) is 6. The van der Waals surface area contributed by atoms with Crippen LogP contribution in [0.15, 0.2) is 36.7 Å². The molecular weight excluding hydrogens is 302 g/mol. The molecule has 1 aromatic carbocycles. The summed E-state index contributed by atoms with van der Waals surface area (Å²) in [5.41, 5.74) is 3.33. The smallest absolute Gasteiger partial charge is 0.181 e. The topological polar surface area (TPSA) is 91.4 Å². The highest BCUT2D eigenvalue weighted by atomic mass is 15.2. The van der Waals surface area contributed by atoms with E-state index in [-0.39, 0.29) is 0 Å². The third-order valence-corrected chi connectivity index (χ3v) is 4.11. The van der Waals surface area contributed by atoms with E-state index < -0.39 is 0 Å². The molecule has 2 aromatic heterocycles. The van der Waals surface area contributed by atoms with E-state index in [0.29, 0.717) is 12.4 Å².